The number of aryl methyl sites for hydroxylation is 1. The fraction of sp³-hybridized carbons (Fsp3) is 0.143. The van der Waals surface area contributed by atoms with Crippen LogP contribution < -0.4 is 5.73 Å². The van der Waals surface area contributed by atoms with Gasteiger partial charge in [-0.3, -0.25) is 0 Å². The van der Waals surface area contributed by atoms with Gasteiger partial charge in [0.15, 0.2) is 11.0 Å². The fourth-order valence-electron chi connectivity index (χ4n) is 1.06. The number of nitrogens with two attached hydrogens (primary N) is 1. The lowest BCUT2D eigenvalue weighted by molar-refractivity contribution is 0.771. The first kappa shape index (κ1) is 8.89. The Labute approximate surface area is 84.8 Å². The van der Waals surface area contributed by atoms with Crippen molar-refractivity contribution in [3.8, 4) is 11.5 Å². The second kappa shape index (κ2) is 3.22. The van der Waals surface area contributed by atoms with Crippen LogP contribution in [0.2, 0.25) is 5.15 Å². The lowest BCUT2D eigenvalue weighted by atomic mass is 10.3. The molecule has 0 saturated heterocycles. The molecule has 14 heavy (non-hydrogen) atoms. The maximum Gasteiger partial charge on any atom is 0.178 e. The zero-order valence-electron chi connectivity index (χ0n) is 7.35. The van der Waals surface area contributed by atoms with Gasteiger partial charge in [0.2, 0.25) is 0 Å². The van der Waals surface area contributed by atoms with Crippen molar-refractivity contribution in [2.75, 3.05) is 5.73 Å². The van der Waals surface area contributed by atoms with Crippen LogP contribution in [0.15, 0.2) is 12.7 Å². The van der Waals surface area contributed by atoms with Gasteiger partial charge in [-0.25, -0.2) is 19.6 Å². The standard InChI is InChI=1S/C7H7ClN6/c1-14-7(12-3-13-14)5-4(9)6(8)11-2-10-5/h2-3H,9H2,1H3. The van der Waals surface area contributed by atoms with Crippen LogP contribution in [0.3, 0.4) is 0 Å². The number of anilines is 1. The van der Waals surface area contributed by atoms with Crippen molar-refractivity contribution in [2.24, 2.45) is 7.05 Å². The van der Waals surface area contributed by atoms with Crippen LogP contribution in [-0.2, 0) is 7.05 Å². The molecule has 0 aliphatic rings. The van der Waals surface area contributed by atoms with Gasteiger partial charge in [0.25, 0.3) is 0 Å². The van der Waals surface area contributed by atoms with Crippen LogP contribution in [0.25, 0.3) is 11.5 Å². The summed E-state index contributed by atoms with van der Waals surface area (Å²) >= 11 is 5.75. The summed E-state index contributed by atoms with van der Waals surface area (Å²) in [6, 6.07) is 0. The molecule has 0 atom stereocenters. The predicted molar refractivity (Wildman–Crippen MR) is 51.5 cm³/mol. The van der Waals surface area contributed by atoms with Crippen molar-refractivity contribution >= 4 is 17.3 Å². The molecule has 0 aromatic carbocycles. The van der Waals surface area contributed by atoms with Crippen LogP contribution in [0.1, 0.15) is 0 Å². The molecule has 2 rings (SSSR count). The highest BCUT2D eigenvalue weighted by Gasteiger charge is 2.12. The van der Waals surface area contributed by atoms with Gasteiger partial charge in [0, 0.05) is 7.05 Å². The molecule has 0 amide bonds. The minimum Gasteiger partial charge on any atom is -0.394 e. The molecular weight excluding hydrogens is 204 g/mol. The van der Waals surface area contributed by atoms with E-state index in [2.05, 4.69) is 20.1 Å². The molecule has 0 spiro atoms. The molecular formula is C7H7ClN6. The predicted octanol–water partition coefficient (Wildman–Crippen LogP) is 0.508. The monoisotopic (exact) mass is 210 g/mol. The van der Waals surface area contributed by atoms with E-state index in [-0.39, 0.29) is 5.15 Å². The summed E-state index contributed by atoms with van der Waals surface area (Å²) < 4.78 is 1.56. The van der Waals surface area contributed by atoms with Crippen LogP contribution in [0.5, 0.6) is 0 Å². The average Bonchev–Trinajstić information content (AvgIpc) is 2.57. The maximum absolute atomic E-state index is 5.75. The Kier molecular flexibility index (Phi) is 2.05. The summed E-state index contributed by atoms with van der Waals surface area (Å²) in [6.07, 6.45) is 2.76. The Morgan fingerprint density at radius 2 is 2.07 bits per heavy atom. The number of hydrogen-bond acceptors (Lipinski definition) is 5. The molecule has 6 nitrogen and oxygen atoms in total. The van der Waals surface area contributed by atoms with Crippen LogP contribution in [-0.4, -0.2) is 24.7 Å². The van der Waals surface area contributed by atoms with E-state index in [0.717, 1.165) is 0 Å². The molecule has 7 heteroatoms. The summed E-state index contributed by atoms with van der Waals surface area (Å²) in [4.78, 5) is 11.8. The molecule has 0 fully saturated rings. The summed E-state index contributed by atoms with van der Waals surface area (Å²) in [5.74, 6) is 0.562. The molecule has 2 heterocycles. The van der Waals surface area contributed by atoms with Crippen LogP contribution in [0, 0.1) is 0 Å². The third kappa shape index (κ3) is 1.29. The number of aromatic nitrogens is 5. The van der Waals surface area contributed by atoms with Gasteiger partial charge < -0.3 is 5.73 Å². The molecule has 0 unspecified atom stereocenters. The van der Waals surface area contributed by atoms with E-state index in [9.17, 15) is 0 Å². The van der Waals surface area contributed by atoms with Gasteiger partial charge in [-0.15, -0.1) is 0 Å². The van der Waals surface area contributed by atoms with Crippen molar-refractivity contribution in [3.63, 3.8) is 0 Å². The SMILES string of the molecule is Cn1ncnc1-c1ncnc(Cl)c1N. The maximum atomic E-state index is 5.75. The third-order valence-electron chi connectivity index (χ3n) is 1.76. The van der Waals surface area contributed by atoms with E-state index < -0.39 is 0 Å². The molecule has 0 saturated carbocycles. The zero-order chi connectivity index (χ0) is 10.1. The largest absolute Gasteiger partial charge is 0.394 e. The minimum absolute atomic E-state index is 0.220. The van der Waals surface area contributed by atoms with E-state index >= 15 is 0 Å². The van der Waals surface area contributed by atoms with Crippen molar-refractivity contribution in [2.45, 2.75) is 0 Å². The Morgan fingerprint density at radius 1 is 1.29 bits per heavy atom. The molecule has 72 valence electrons. The van der Waals surface area contributed by atoms with Crippen molar-refractivity contribution in [1.29, 1.82) is 0 Å². The average molecular weight is 211 g/mol. The molecule has 2 N–H and O–H groups in total. The number of hydrogen-bond donors (Lipinski definition) is 1. The first-order valence-electron chi connectivity index (χ1n) is 3.80. The molecule has 0 aliphatic carbocycles. The van der Waals surface area contributed by atoms with E-state index in [0.29, 0.717) is 17.2 Å². The van der Waals surface area contributed by atoms with Gasteiger partial charge in [-0.1, -0.05) is 11.6 Å². The third-order valence-corrected chi connectivity index (χ3v) is 2.06. The summed E-state index contributed by atoms with van der Waals surface area (Å²) in [5.41, 5.74) is 6.51. The second-order valence-electron chi connectivity index (χ2n) is 2.63. The van der Waals surface area contributed by atoms with Crippen molar-refractivity contribution in [3.05, 3.63) is 17.8 Å². The lowest BCUT2D eigenvalue weighted by Gasteiger charge is -2.03. The van der Waals surface area contributed by atoms with E-state index in [1.807, 2.05) is 0 Å². The van der Waals surface area contributed by atoms with Crippen LogP contribution in [0.4, 0.5) is 5.69 Å². The second-order valence-corrected chi connectivity index (χ2v) is 2.99. The Bertz CT molecular complexity index is 465. The van der Waals surface area contributed by atoms with E-state index in [4.69, 9.17) is 17.3 Å². The van der Waals surface area contributed by atoms with Gasteiger partial charge >= 0.3 is 0 Å². The Balaban J connectivity index is 2.63. The van der Waals surface area contributed by atoms with Crippen LogP contribution >= 0.6 is 11.6 Å². The number of nitrogens with zero attached hydrogens (tertiary/aromatic N) is 5. The van der Waals surface area contributed by atoms with Gasteiger partial charge in [0.05, 0.1) is 5.69 Å². The first-order chi connectivity index (χ1) is 6.70. The number of halogens is 1. The minimum atomic E-state index is 0.220. The topological polar surface area (TPSA) is 82.5 Å². The van der Waals surface area contributed by atoms with Gasteiger partial charge in [0.1, 0.15) is 18.3 Å². The Hall–Kier alpha value is -1.69. The smallest absolute Gasteiger partial charge is 0.178 e. The summed E-state index contributed by atoms with van der Waals surface area (Å²) in [6.45, 7) is 0. The molecule has 2 aromatic heterocycles. The van der Waals surface area contributed by atoms with Crippen molar-refractivity contribution in [1.82, 2.24) is 24.7 Å². The lowest BCUT2D eigenvalue weighted by Crippen LogP contribution is -2.01. The number of rotatable bonds is 1. The molecule has 0 radical (unpaired) electrons. The van der Waals surface area contributed by atoms with E-state index in [1.54, 1.807) is 11.7 Å². The molecule has 0 aliphatic heterocycles. The van der Waals surface area contributed by atoms with Gasteiger partial charge in [-0.2, -0.15) is 5.10 Å². The quantitative estimate of drug-likeness (QED) is 0.694. The van der Waals surface area contributed by atoms with Gasteiger partial charge in [-0.05, 0) is 0 Å². The molecule has 0 bridgehead atoms. The summed E-state index contributed by atoms with van der Waals surface area (Å²) in [5, 5.41) is 4.13. The zero-order valence-corrected chi connectivity index (χ0v) is 8.10. The highest BCUT2D eigenvalue weighted by molar-refractivity contribution is 6.32. The normalized spacial score (nSPS) is 10.4. The number of nitrogen functional groups attached to an aromatic ring is 1. The highest BCUT2D eigenvalue weighted by atomic mass is 35.5. The van der Waals surface area contributed by atoms with E-state index in [1.165, 1.54) is 12.7 Å². The molecule has 2 aromatic rings. The highest BCUT2D eigenvalue weighted by Crippen LogP contribution is 2.25. The van der Waals surface area contributed by atoms with Crippen molar-refractivity contribution < 1.29 is 0 Å². The fourth-order valence-corrected chi connectivity index (χ4v) is 1.20. The first-order valence-corrected chi connectivity index (χ1v) is 4.18. The Morgan fingerprint density at radius 3 is 2.71 bits per heavy atom. The summed E-state index contributed by atoms with van der Waals surface area (Å²) in [7, 11) is 1.75.